The van der Waals surface area contributed by atoms with Crippen LogP contribution in [-0.4, -0.2) is 45.3 Å². The number of rotatable bonds is 6. The van der Waals surface area contributed by atoms with E-state index in [1.165, 1.54) is 0 Å². The van der Waals surface area contributed by atoms with Crippen LogP contribution in [0.5, 0.6) is 0 Å². The van der Waals surface area contributed by atoms with Crippen molar-refractivity contribution in [3.63, 3.8) is 0 Å². The Hall–Kier alpha value is -1.04. The fraction of sp³-hybridized carbons (Fsp3) is 0.600. The van der Waals surface area contributed by atoms with Gasteiger partial charge in [0.25, 0.3) is 0 Å². The van der Waals surface area contributed by atoms with Gasteiger partial charge in [-0.1, -0.05) is 12.1 Å². The number of likely N-dealkylation sites (N-methyl/N-ethyl adjacent to an activating group) is 1. The Bertz CT molecular complexity index is 442. The molecule has 0 bridgehead atoms. The molecule has 1 saturated heterocycles. The van der Waals surface area contributed by atoms with Crippen molar-refractivity contribution >= 4 is 0 Å². The van der Waals surface area contributed by atoms with E-state index in [-0.39, 0.29) is 6.04 Å². The fourth-order valence-electron chi connectivity index (χ4n) is 2.84. The Morgan fingerprint density at radius 1 is 1.45 bits per heavy atom. The largest absolute Gasteiger partial charge is 0.384 e. The zero-order valence-electron chi connectivity index (χ0n) is 12.0. The van der Waals surface area contributed by atoms with Crippen LogP contribution in [0.2, 0.25) is 0 Å². The maximum atomic E-state index is 13.9. The van der Waals surface area contributed by atoms with Gasteiger partial charge in [0.2, 0.25) is 0 Å². The number of methoxy groups -OCH3 is 1. The molecule has 1 fully saturated rings. The number of hydrogen-bond donors (Lipinski definition) is 1. The molecule has 112 valence electrons. The van der Waals surface area contributed by atoms with Crippen molar-refractivity contribution < 1.29 is 13.5 Å². The number of nitrogens with zero attached hydrogens (tertiary/aromatic N) is 1. The summed E-state index contributed by atoms with van der Waals surface area (Å²) >= 11 is 0. The van der Waals surface area contributed by atoms with Gasteiger partial charge in [-0.2, -0.15) is 0 Å². The zero-order valence-corrected chi connectivity index (χ0v) is 12.0. The van der Waals surface area contributed by atoms with Gasteiger partial charge >= 0.3 is 0 Å². The van der Waals surface area contributed by atoms with E-state index in [4.69, 9.17) is 4.74 Å². The predicted octanol–water partition coefficient (Wildman–Crippen LogP) is 2.19. The highest BCUT2D eigenvalue weighted by Gasteiger charge is 2.26. The molecule has 0 spiro atoms. The number of hydrogen-bond acceptors (Lipinski definition) is 3. The molecule has 5 heteroatoms. The topological polar surface area (TPSA) is 24.5 Å². The smallest absolute Gasteiger partial charge is 0.163 e. The first-order chi connectivity index (χ1) is 9.65. The van der Waals surface area contributed by atoms with Crippen LogP contribution in [-0.2, 0) is 4.74 Å². The van der Waals surface area contributed by atoms with Crippen molar-refractivity contribution in [2.75, 3.05) is 40.4 Å². The first kappa shape index (κ1) is 15.4. The summed E-state index contributed by atoms with van der Waals surface area (Å²) in [6.07, 6.45) is 1.09. The second-order valence-electron chi connectivity index (χ2n) is 5.35. The van der Waals surface area contributed by atoms with Gasteiger partial charge < -0.3 is 15.0 Å². The molecule has 2 atom stereocenters. The Morgan fingerprint density at radius 2 is 2.25 bits per heavy atom. The first-order valence-corrected chi connectivity index (χ1v) is 6.98. The Morgan fingerprint density at radius 3 is 2.95 bits per heavy atom. The highest BCUT2D eigenvalue weighted by Crippen LogP contribution is 2.23. The minimum absolute atomic E-state index is 0.202. The van der Waals surface area contributed by atoms with Crippen LogP contribution in [0.1, 0.15) is 18.0 Å². The molecule has 0 radical (unpaired) electrons. The normalized spacial score (nSPS) is 21.3. The SMILES string of the molecule is CNC(CN1CCC(COC)C1)c1cccc(F)c1F. The molecule has 1 heterocycles. The molecule has 2 rings (SSSR count). The molecule has 0 saturated carbocycles. The van der Waals surface area contributed by atoms with Crippen LogP contribution in [0, 0.1) is 17.6 Å². The van der Waals surface area contributed by atoms with Crippen molar-refractivity contribution in [1.82, 2.24) is 10.2 Å². The highest BCUT2D eigenvalue weighted by atomic mass is 19.2. The van der Waals surface area contributed by atoms with Gasteiger partial charge in [0.1, 0.15) is 0 Å². The molecular formula is C15H22F2N2O. The standard InChI is InChI=1S/C15H22F2N2O/c1-18-14(12-4-3-5-13(16)15(12)17)9-19-7-6-11(8-19)10-20-2/h3-5,11,14,18H,6-10H2,1-2H3. The number of likely N-dealkylation sites (tertiary alicyclic amines) is 1. The average Bonchev–Trinajstić information content (AvgIpc) is 2.87. The molecule has 1 N–H and O–H groups in total. The van der Waals surface area contributed by atoms with Crippen molar-refractivity contribution in [1.29, 1.82) is 0 Å². The molecule has 2 unspecified atom stereocenters. The van der Waals surface area contributed by atoms with E-state index < -0.39 is 11.6 Å². The summed E-state index contributed by atoms with van der Waals surface area (Å²) in [7, 11) is 3.49. The van der Waals surface area contributed by atoms with Gasteiger partial charge in [-0.25, -0.2) is 8.78 Å². The number of halogens is 2. The number of benzene rings is 1. The zero-order chi connectivity index (χ0) is 14.5. The van der Waals surface area contributed by atoms with Gasteiger partial charge in [0.15, 0.2) is 11.6 Å². The minimum Gasteiger partial charge on any atom is -0.384 e. The third-order valence-corrected chi connectivity index (χ3v) is 3.92. The van der Waals surface area contributed by atoms with Crippen LogP contribution in [0.25, 0.3) is 0 Å². The van der Waals surface area contributed by atoms with Crippen LogP contribution >= 0.6 is 0 Å². The van der Waals surface area contributed by atoms with E-state index in [2.05, 4.69) is 10.2 Å². The molecule has 0 aromatic heterocycles. The van der Waals surface area contributed by atoms with Gasteiger partial charge in [0, 0.05) is 31.8 Å². The number of ether oxygens (including phenoxy) is 1. The fourth-order valence-corrected chi connectivity index (χ4v) is 2.84. The van der Waals surface area contributed by atoms with Crippen LogP contribution in [0.3, 0.4) is 0 Å². The van der Waals surface area contributed by atoms with Crippen molar-refractivity contribution in [2.45, 2.75) is 12.5 Å². The second-order valence-corrected chi connectivity index (χ2v) is 5.35. The second kappa shape index (κ2) is 7.11. The van der Waals surface area contributed by atoms with Crippen molar-refractivity contribution in [3.05, 3.63) is 35.4 Å². The molecule has 3 nitrogen and oxygen atoms in total. The van der Waals surface area contributed by atoms with E-state index >= 15 is 0 Å². The van der Waals surface area contributed by atoms with Gasteiger partial charge in [-0.15, -0.1) is 0 Å². The molecule has 0 amide bonds. The highest BCUT2D eigenvalue weighted by molar-refractivity contribution is 5.23. The molecule has 20 heavy (non-hydrogen) atoms. The Labute approximate surface area is 118 Å². The maximum absolute atomic E-state index is 13.9. The molecule has 1 aromatic carbocycles. The van der Waals surface area contributed by atoms with E-state index in [0.29, 0.717) is 18.0 Å². The average molecular weight is 284 g/mol. The van der Waals surface area contributed by atoms with E-state index in [0.717, 1.165) is 32.2 Å². The molecule has 1 aliphatic heterocycles. The molecular weight excluding hydrogens is 262 g/mol. The van der Waals surface area contributed by atoms with E-state index in [1.807, 2.05) is 0 Å². The van der Waals surface area contributed by atoms with Gasteiger partial charge in [-0.3, -0.25) is 0 Å². The van der Waals surface area contributed by atoms with E-state index in [1.54, 1.807) is 26.3 Å². The summed E-state index contributed by atoms with van der Waals surface area (Å²) in [4.78, 5) is 2.27. The monoisotopic (exact) mass is 284 g/mol. The lowest BCUT2D eigenvalue weighted by Gasteiger charge is -2.24. The minimum atomic E-state index is -0.790. The molecule has 0 aliphatic carbocycles. The van der Waals surface area contributed by atoms with Crippen molar-refractivity contribution in [3.8, 4) is 0 Å². The summed E-state index contributed by atoms with van der Waals surface area (Å²) in [5, 5.41) is 3.08. The lowest BCUT2D eigenvalue weighted by molar-refractivity contribution is 0.152. The summed E-state index contributed by atoms with van der Waals surface area (Å²) in [6.45, 7) is 3.36. The quantitative estimate of drug-likeness (QED) is 0.866. The summed E-state index contributed by atoms with van der Waals surface area (Å²) < 4.78 is 32.3. The molecule has 1 aromatic rings. The Kier molecular flexibility index (Phi) is 5.46. The van der Waals surface area contributed by atoms with Gasteiger partial charge in [-0.05, 0) is 32.0 Å². The van der Waals surface area contributed by atoms with Crippen molar-refractivity contribution in [2.24, 2.45) is 5.92 Å². The summed E-state index contributed by atoms with van der Waals surface area (Å²) in [5.41, 5.74) is 0.391. The van der Waals surface area contributed by atoms with Crippen LogP contribution < -0.4 is 5.32 Å². The maximum Gasteiger partial charge on any atom is 0.163 e. The van der Waals surface area contributed by atoms with Crippen LogP contribution in [0.15, 0.2) is 18.2 Å². The third kappa shape index (κ3) is 3.53. The summed E-state index contributed by atoms with van der Waals surface area (Å²) in [6, 6.07) is 4.14. The first-order valence-electron chi connectivity index (χ1n) is 6.98. The predicted molar refractivity (Wildman–Crippen MR) is 74.6 cm³/mol. The van der Waals surface area contributed by atoms with Gasteiger partial charge in [0.05, 0.1) is 6.61 Å². The third-order valence-electron chi connectivity index (χ3n) is 3.92. The van der Waals surface area contributed by atoms with Crippen LogP contribution in [0.4, 0.5) is 8.78 Å². The van der Waals surface area contributed by atoms with E-state index in [9.17, 15) is 8.78 Å². The Balaban J connectivity index is 2.01. The summed E-state index contributed by atoms with van der Waals surface area (Å²) in [5.74, 6) is -1.00. The molecule has 1 aliphatic rings. The lowest BCUT2D eigenvalue weighted by Crippen LogP contribution is -2.33. The number of nitrogens with one attached hydrogen (secondary N) is 1. The lowest BCUT2D eigenvalue weighted by atomic mass is 10.1.